The van der Waals surface area contributed by atoms with Crippen molar-refractivity contribution < 1.29 is 23.2 Å². The largest absolute Gasteiger partial charge is 0.491 e. The molecule has 4 aliphatic heterocycles. The molecule has 2 aromatic carbocycles. The average Bonchev–Trinajstić information content (AvgIpc) is 3.39. The van der Waals surface area contributed by atoms with E-state index in [9.17, 15) is 9.00 Å². The van der Waals surface area contributed by atoms with E-state index in [1.807, 2.05) is 46.1 Å². The van der Waals surface area contributed by atoms with Crippen LogP contribution in [-0.4, -0.2) is 110 Å². The van der Waals surface area contributed by atoms with Crippen LogP contribution in [0.1, 0.15) is 101 Å². The molecule has 0 spiro atoms. The quantitative estimate of drug-likeness (QED) is 0.283. The second-order valence-corrected chi connectivity index (χ2v) is 18.5. The second-order valence-electron chi connectivity index (χ2n) is 16.5. The van der Waals surface area contributed by atoms with Crippen molar-refractivity contribution in [2.24, 2.45) is 17.8 Å². The van der Waals surface area contributed by atoms with Gasteiger partial charge in [0, 0.05) is 62.4 Å². The number of methoxy groups -OCH3 is 1. The van der Waals surface area contributed by atoms with E-state index < -0.39 is 16.6 Å². The van der Waals surface area contributed by atoms with Gasteiger partial charge in [0.15, 0.2) is 0 Å². The van der Waals surface area contributed by atoms with Crippen molar-refractivity contribution in [3.8, 4) is 5.75 Å². The number of anilines is 1. The number of ether oxygens (including phenoxy) is 3. The lowest BCUT2D eigenvalue weighted by Crippen LogP contribution is -2.58. The molecule has 3 fully saturated rings. The summed E-state index contributed by atoms with van der Waals surface area (Å²) in [6, 6.07) is 12.6. The Hall–Kier alpha value is -2.47. The summed E-state index contributed by atoms with van der Waals surface area (Å²) in [5.41, 5.74) is 3.52. The number of hydrogen-bond donors (Lipinski definition) is 1. The zero-order valence-corrected chi connectivity index (χ0v) is 36.3. The molecule has 310 valence electrons. The number of fused-ring (bicyclic) bond motifs is 2. The fraction of sp³-hybridized carbons (Fsp3) is 0.667. The Morgan fingerprint density at radius 1 is 1.00 bits per heavy atom. The third-order valence-electron chi connectivity index (χ3n) is 13.2. The maximum Gasteiger partial charge on any atom is 0.263 e. The Bertz CT molecular complexity index is 1660. The minimum absolute atomic E-state index is 0.102. The number of benzene rings is 2. The molecule has 7 rings (SSSR count). The SMILES string of the molecule is CC.CCCc1cc(Cl)ccc1C1COc2ccc3cc2N(C1)CC1CCC1C(CN1CCC(N2CCOCC2)CC1)(OC)/C=C/CC(C)C(C)S(=O)NC3=O. The molecule has 5 aliphatic rings. The number of rotatable bonds is 7. The molecule has 56 heavy (non-hydrogen) atoms. The molecular weight excluding hydrogens is 744 g/mol. The van der Waals surface area contributed by atoms with Crippen molar-refractivity contribution in [3.05, 3.63) is 70.3 Å². The van der Waals surface area contributed by atoms with Gasteiger partial charge in [0.25, 0.3) is 5.91 Å². The number of nitrogens with one attached hydrogen (secondary N) is 1. The Balaban J connectivity index is 0.00000262. The van der Waals surface area contributed by atoms with Crippen LogP contribution in [-0.2, 0) is 26.9 Å². The molecule has 9 nitrogen and oxygen atoms in total. The Morgan fingerprint density at radius 2 is 1.77 bits per heavy atom. The van der Waals surface area contributed by atoms with Gasteiger partial charge in [0.1, 0.15) is 22.3 Å². The standard InChI is InChI=1S/C43H61ClN4O5S.C2H6/c1-5-7-32-24-36(44)11-12-38(32)35-27-48-26-34-9-13-39(34)43(51-4,29-46-18-15-37(16-19-46)47-20-22-52-23-21-47)17-6-8-30(2)31(3)54(50)45-42(49)33-10-14-41(53-28-35)40(48)25-33;1-2/h6,10-12,14,17,24-25,30-31,34-35,37,39H,5,7-9,13,15-16,18-23,26-29H2,1-4H3,(H,45,49);1-2H3/b17-6+;. The maximum absolute atomic E-state index is 13.6. The monoisotopic (exact) mass is 810 g/mol. The van der Waals surface area contributed by atoms with Gasteiger partial charge in [-0.3, -0.25) is 14.4 Å². The molecule has 0 aromatic heterocycles. The summed E-state index contributed by atoms with van der Waals surface area (Å²) in [6.07, 6.45) is 11.9. The molecule has 1 aliphatic carbocycles. The number of hydrogen-bond acceptors (Lipinski definition) is 8. The van der Waals surface area contributed by atoms with E-state index in [1.54, 1.807) is 6.07 Å². The van der Waals surface area contributed by atoms with Crippen LogP contribution >= 0.6 is 11.6 Å². The molecule has 2 bridgehead atoms. The highest BCUT2D eigenvalue weighted by molar-refractivity contribution is 7.84. The Morgan fingerprint density at radius 3 is 2.46 bits per heavy atom. The lowest BCUT2D eigenvalue weighted by molar-refractivity contribution is -0.0961. The molecule has 7 atom stereocenters. The first kappa shape index (κ1) is 43.1. The molecule has 1 N–H and O–H groups in total. The van der Waals surface area contributed by atoms with Crippen molar-refractivity contribution in [1.29, 1.82) is 0 Å². The fourth-order valence-electron chi connectivity index (χ4n) is 9.61. The van der Waals surface area contributed by atoms with E-state index in [4.69, 9.17) is 25.8 Å². The van der Waals surface area contributed by atoms with Gasteiger partial charge in [0.2, 0.25) is 0 Å². The molecule has 2 aromatic rings. The van der Waals surface area contributed by atoms with Crippen LogP contribution in [0.5, 0.6) is 5.75 Å². The second kappa shape index (κ2) is 20.0. The highest BCUT2D eigenvalue weighted by Crippen LogP contribution is 2.47. The third kappa shape index (κ3) is 9.86. The van der Waals surface area contributed by atoms with Crippen LogP contribution in [0.3, 0.4) is 0 Å². The number of nitrogens with zero attached hydrogens (tertiary/aromatic N) is 3. The normalized spacial score (nSPS) is 31.4. The summed E-state index contributed by atoms with van der Waals surface area (Å²) in [7, 11) is 0.361. The van der Waals surface area contributed by atoms with Gasteiger partial charge in [0.05, 0.1) is 30.8 Å². The van der Waals surface area contributed by atoms with Crippen LogP contribution < -0.4 is 14.4 Å². The van der Waals surface area contributed by atoms with Gasteiger partial charge in [-0.25, -0.2) is 4.21 Å². The number of likely N-dealkylation sites (tertiary alicyclic amines) is 1. The van der Waals surface area contributed by atoms with E-state index in [2.05, 4.69) is 57.6 Å². The summed E-state index contributed by atoms with van der Waals surface area (Å²) in [5.74, 6) is 1.40. The summed E-state index contributed by atoms with van der Waals surface area (Å²) >= 11 is 6.52. The van der Waals surface area contributed by atoms with Gasteiger partial charge >= 0.3 is 0 Å². The lowest BCUT2D eigenvalue weighted by atomic mass is 9.63. The number of morpholine rings is 1. The molecule has 2 saturated heterocycles. The van der Waals surface area contributed by atoms with E-state index in [-0.39, 0.29) is 23.0 Å². The third-order valence-corrected chi connectivity index (χ3v) is 15.0. The first-order chi connectivity index (χ1) is 27.2. The number of carbonyl (C=O) groups is 1. The number of aryl methyl sites for hydroxylation is 1. The number of halogens is 1. The summed E-state index contributed by atoms with van der Waals surface area (Å²) in [4.78, 5) is 21.4. The first-order valence-electron chi connectivity index (χ1n) is 21.5. The summed E-state index contributed by atoms with van der Waals surface area (Å²) in [6.45, 7) is 19.2. The van der Waals surface area contributed by atoms with Crippen molar-refractivity contribution in [1.82, 2.24) is 14.5 Å². The summed E-state index contributed by atoms with van der Waals surface area (Å²) < 4.78 is 35.4. The van der Waals surface area contributed by atoms with Crippen molar-refractivity contribution in [2.45, 2.75) is 102 Å². The highest BCUT2D eigenvalue weighted by atomic mass is 35.5. The van der Waals surface area contributed by atoms with Crippen LogP contribution in [0, 0.1) is 17.8 Å². The molecule has 7 unspecified atom stereocenters. The number of piperidine rings is 1. The van der Waals surface area contributed by atoms with Crippen LogP contribution in [0.4, 0.5) is 5.69 Å². The number of amides is 1. The zero-order valence-electron chi connectivity index (χ0n) is 34.8. The van der Waals surface area contributed by atoms with E-state index in [1.165, 1.54) is 24.0 Å². The molecule has 1 saturated carbocycles. The minimum atomic E-state index is -1.54. The van der Waals surface area contributed by atoms with E-state index >= 15 is 0 Å². The van der Waals surface area contributed by atoms with Crippen molar-refractivity contribution >= 4 is 34.2 Å². The molecule has 0 radical (unpaired) electrons. The van der Waals surface area contributed by atoms with Gasteiger partial charge < -0.3 is 24.0 Å². The first-order valence-corrected chi connectivity index (χ1v) is 23.1. The van der Waals surface area contributed by atoms with Crippen molar-refractivity contribution in [2.75, 3.05) is 77.6 Å². The predicted octanol–water partition coefficient (Wildman–Crippen LogP) is 7.89. The zero-order chi connectivity index (χ0) is 39.8. The van der Waals surface area contributed by atoms with Gasteiger partial charge in [-0.15, -0.1) is 0 Å². The average molecular weight is 812 g/mol. The molecular formula is C45H67ClN4O5S. The minimum Gasteiger partial charge on any atom is -0.491 e. The van der Waals surface area contributed by atoms with Crippen molar-refractivity contribution in [3.63, 3.8) is 0 Å². The van der Waals surface area contributed by atoms with Crippen LogP contribution in [0.25, 0.3) is 0 Å². The Labute approximate surface area is 344 Å². The molecule has 1 amide bonds. The summed E-state index contributed by atoms with van der Waals surface area (Å²) in [5, 5.41) is 0.533. The number of allylic oxidation sites excluding steroid dienone is 1. The lowest BCUT2D eigenvalue weighted by Gasteiger charge is -2.52. The maximum atomic E-state index is 13.6. The molecule has 4 heterocycles. The van der Waals surface area contributed by atoms with Gasteiger partial charge in [-0.1, -0.05) is 63.9 Å². The fourth-order valence-corrected chi connectivity index (χ4v) is 10.8. The van der Waals surface area contributed by atoms with Crippen LogP contribution in [0.15, 0.2) is 48.6 Å². The van der Waals surface area contributed by atoms with E-state index in [0.29, 0.717) is 30.0 Å². The smallest absolute Gasteiger partial charge is 0.263 e. The predicted molar refractivity (Wildman–Crippen MR) is 229 cm³/mol. The number of carbonyl (C=O) groups excluding carboxylic acids is 1. The van der Waals surface area contributed by atoms with Gasteiger partial charge in [-0.05, 0) is 118 Å². The van der Waals surface area contributed by atoms with Gasteiger partial charge in [-0.2, -0.15) is 0 Å². The molecule has 11 heteroatoms. The Kier molecular flexibility index (Phi) is 15.4. The topological polar surface area (TPSA) is 83.6 Å². The highest BCUT2D eigenvalue weighted by Gasteiger charge is 2.49. The van der Waals surface area contributed by atoms with E-state index in [0.717, 1.165) is 108 Å². The van der Waals surface area contributed by atoms with Crippen LogP contribution in [0.2, 0.25) is 5.02 Å².